The monoisotopic (exact) mass is 334 g/mol. The highest BCUT2D eigenvalue weighted by atomic mass is 16.5. The van der Waals surface area contributed by atoms with Crippen LogP contribution in [0, 0.1) is 31.6 Å². The van der Waals surface area contributed by atoms with Crippen LogP contribution in [0.1, 0.15) is 48.9 Å². The van der Waals surface area contributed by atoms with E-state index >= 15 is 0 Å². The molecule has 1 saturated carbocycles. The van der Waals surface area contributed by atoms with Gasteiger partial charge in [-0.25, -0.2) is 4.98 Å². The Morgan fingerprint density at radius 1 is 1.20 bits per heavy atom. The molecule has 1 atom stereocenters. The maximum absolute atomic E-state index is 5.88. The predicted molar refractivity (Wildman–Crippen MR) is 100 cm³/mol. The molecule has 3 heteroatoms. The molecule has 0 bridgehead atoms. The lowest BCUT2D eigenvalue weighted by Crippen LogP contribution is -2.24. The van der Waals surface area contributed by atoms with Crippen molar-refractivity contribution in [2.24, 2.45) is 5.92 Å². The average Bonchev–Trinajstić information content (AvgIpc) is 3.39. The number of benzene rings is 1. The molecule has 1 aromatic carbocycles. The van der Waals surface area contributed by atoms with Crippen molar-refractivity contribution >= 4 is 0 Å². The minimum Gasteiger partial charge on any atom is -0.376 e. The molecular weight excluding hydrogens is 308 g/mol. The van der Waals surface area contributed by atoms with Crippen LogP contribution < -0.4 is 0 Å². The summed E-state index contributed by atoms with van der Waals surface area (Å²) in [5.74, 6) is 7.28. The van der Waals surface area contributed by atoms with Crippen LogP contribution in [0.3, 0.4) is 0 Å². The van der Waals surface area contributed by atoms with Gasteiger partial charge in [0.2, 0.25) is 0 Å². The summed E-state index contributed by atoms with van der Waals surface area (Å²) < 4.78 is 8.12. The fourth-order valence-corrected chi connectivity index (χ4v) is 3.48. The third-order valence-electron chi connectivity index (χ3n) is 5.25. The molecule has 1 aliphatic heterocycles. The molecule has 2 heterocycles. The lowest BCUT2D eigenvalue weighted by atomic mass is 10.0. The van der Waals surface area contributed by atoms with Gasteiger partial charge >= 0.3 is 0 Å². The van der Waals surface area contributed by atoms with E-state index in [1.165, 1.54) is 42.5 Å². The van der Waals surface area contributed by atoms with Gasteiger partial charge in [-0.15, -0.1) is 0 Å². The van der Waals surface area contributed by atoms with Crippen molar-refractivity contribution in [3.63, 3.8) is 0 Å². The predicted octanol–water partition coefficient (Wildman–Crippen LogP) is 4.50. The fraction of sp³-hybridized carbons (Fsp3) is 0.500. The molecule has 1 aliphatic carbocycles. The van der Waals surface area contributed by atoms with E-state index < -0.39 is 0 Å². The summed E-state index contributed by atoms with van der Waals surface area (Å²) in [4.78, 5) is 4.70. The Morgan fingerprint density at radius 2 is 2.08 bits per heavy atom. The summed E-state index contributed by atoms with van der Waals surface area (Å²) in [6.45, 7) is 6.11. The van der Waals surface area contributed by atoms with Crippen molar-refractivity contribution in [1.29, 1.82) is 0 Å². The van der Waals surface area contributed by atoms with E-state index in [-0.39, 0.29) is 0 Å². The standard InChI is InChI=1S/C22H26N2O/c1-16-13-19(9-8-18-6-7-18)10-11-21(16)22-17(2)24(15-23-22)14-20-5-3-4-12-25-20/h10-11,13,15,18,20H,3-7,12,14H2,1-2H3. The number of rotatable bonds is 3. The molecule has 130 valence electrons. The van der Waals surface area contributed by atoms with Crippen molar-refractivity contribution < 1.29 is 4.74 Å². The van der Waals surface area contributed by atoms with Crippen molar-refractivity contribution in [2.45, 2.75) is 58.6 Å². The molecule has 2 fully saturated rings. The number of hydrogen-bond acceptors (Lipinski definition) is 2. The summed E-state index contributed by atoms with van der Waals surface area (Å²) >= 11 is 0. The van der Waals surface area contributed by atoms with E-state index in [0.29, 0.717) is 12.0 Å². The third-order valence-corrected chi connectivity index (χ3v) is 5.25. The highest BCUT2D eigenvalue weighted by Crippen LogP contribution is 2.29. The number of imidazole rings is 1. The Hall–Kier alpha value is -2.05. The third kappa shape index (κ3) is 3.80. The van der Waals surface area contributed by atoms with Gasteiger partial charge in [-0.05, 0) is 63.6 Å². The van der Waals surface area contributed by atoms with E-state index in [9.17, 15) is 0 Å². The molecule has 1 unspecified atom stereocenters. The first-order valence-corrected chi connectivity index (χ1v) is 9.46. The molecular formula is C22H26N2O. The van der Waals surface area contributed by atoms with Crippen LogP contribution >= 0.6 is 0 Å². The lowest BCUT2D eigenvalue weighted by Gasteiger charge is -2.23. The second kappa shape index (κ2) is 7.06. The average molecular weight is 334 g/mol. The molecule has 2 aliphatic rings. The van der Waals surface area contributed by atoms with Gasteiger partial charge in [-0.3, -0.25) is 0 Å². The van der Waals surface area contributed by atoms with Gasteiger partial charge in [-0.1, -0.05) is 17.9 Å². The van der Waals surface area contributed by atoms with E-state index in [1.807, 2.05) is 6.33 Å². The molecule has 0 amide bonds. The van der Waals surface area contributed by atoms with Crippen LogP contribution in [0.2, 0.25) is 0 Å². The molecule has 1 saturated heterocycles. The van der Waals surface area contributed by atoms with E-state index in [2.05, 4.69) is 48.5 Å². The number of aromatic nitrogens is 2. The van der Waals surface area contributed by atoms with Crippen LogP contribution in [0.4, 0.5) is 0 Å². The van der Waals surface area contributed by atoms with Crippen molar-refractivity contribution in [1.82, 2.24) is 9.55 Å². The van der Waals surface area contributed by atoms with Gasteiger partial charge < -0.3 is 9.30 Å². The van der Waals surface area contributed by atoms with Crippen molar-refractivity contribution in [2.75, 3.05) is 6.61 Å². The van der Waals surface area contributed by atoms with Gasteiger partial charge in [-0.2, -0.15) is 0 Å². The molecule has 0 spiro atoms. The first kappa shape index (κ1) is 16.4. The lowest BCUT2D eigenvalue weighted by molar-refractivity contribution is 0.00569. The molecule has 0 N–H and O–H groups in total. The topological polar surface area (TPSA) is 27.1 Å². The minimum atomic E-state index is 0.329. The van der Waals surface area contributed by atoms with E-state index in [1.54, 1.807) is 0 Å². The largest absolute Gasteiger partial charge is 0.376 e. The summed E-state index contributed by atoms with van der Waals surface area (Å²) in [6.07, 6.45) is 8.45. The van der Waals surface area contributed by atoms with E-state index in [4.69, 9.17) is 9.72 Å². The van der Waals surface area contributed by atoms with Gasteiger partial charge in [0.1, 0.15) is 0 Å². The summed E-state index contributed by atoms with van der Waals surface area (Å²) in [5, 5.41) is 0. The van der Waals surface area contributed by atoms with Crippen molar-refractivity contribution in [3.05, 3.63) is 41.3 Å². The van der Waals surface area contributed by atoms with Gasteiger partial charge in [0.25, 0.3) is 0 Å². The number of nitrogens with zero attached hydrogens (tertiary/aromatic N) is 2. The Bertz CT molecular complexity index is 814. The molecule has 25 heavy (non-hydrogen) atoms. The quantitative estimate of drug-likeness (QED) is 0.773. The molecule has 1 aromatic heterocycles. The molecule has 3 nitrogen and oxygen atoms in total. The Labute approximate surface area is 150 Å². The summed E-state index contributed by atoms with van der Waals surface area (Å²) in [6, 6.07) is 6.48. The van der Waals surface area contributed by atoms with Crippen LogP contribution in [0.5, 0.6) is 0 Å². The van der Waals surface area contributed by atoms with Crippen LogP contribution in [0.15, 0.2) is 24.5 Å². The van der Waals surface area contributed by atoms with Gasteiger partial charge in [0.05, 0.1) is 24.7 Å². The van der Waals surface area contributed by atoms with Crippen LogP contribution in [-0.2, 0) is 11.3 Å². The second-order valence-corrected chi connectivity index (χ2v) is 7.39. The molecule has 0 radical (unpaired) electrons. The number of hydrogen-bond donors (Lipinski definition) is 0. The molecule has 2 aromatic rings. The SMILES string of the molecule is Cc1cc(C#CC2CC2)ccc1-c1ncn(CC2CCCCO2)c1C. The summed E-state index contributed by atoms with van der Waals surface area (Å²) in [5.41, 5.74) is 5.85. The van der Waals surface area contributed by atoms with Crippen LogP contribution in [0.25, 0.3) is 11.3 Å². The number of ether oxygens (including phenoxy) is 1. The zero-order valence-corrected chi connectivity index (χ0v) is 15.2. The smallest absolute Gasteiger partial charge is 0.0956 e. The maximum Gasteiger partial charge on any atom is 0.0956 e. The Kier molecular flexibility index (Phi) is 4.63. The highest BCUT2D eigenvalue weighted by molar-refractivity contribution is 5.67. The van der Waals surface area contributed by atoms with Gasteiger partial charge in [0.15, 0.2) is 0 Å². The van der Waals surface area contributed by atoms with Crippen LogP contribution in [-0.4, -0.2) is 22.3 Å². The van der Waals surface area contributed by atoms with Gasteiger partial charge in [0, 0.05) is 29.3 Å². The fourth-order valence-electron chi connectivity index (χ4n) is 3.48. The number of aryl methyl sites for hydroxylation is 1. The first-order valence-electron chi connectivity index (χ1n) is 9.46. The Balaban J connectivity index is 1.54. The normalized spacial score (nSPS) is 20.2. The zero-order valence-electron chi connectivity index (χ0n) is 15.2. The zero-order chi connectivity index (χ0) is 17.2. The Morgan fingerprint density at radius 3 is 2.80 bits per heavy atom. The summed E-state index contributed by atoms with van der Waals surface area (Å²) in [7, 11) is 0. The van der Waals surface area contributed by atoms with E-state index in [0.717, 1.165) is 30.8 Å². The second-order valence-electron chi connectivity index (χ2n) is 7.39. The molecule has 4 rings (SSSR count). The first-order chi connectivity index (χ1) is 12.2. The highest BCUT2D eigenvalue weighted by Gasteiger charge is 2.19. The minimum absolute atomic E-state index is 0.329. The maximum atomic E-state index is 5.88. The van der Waals surface area contributed by atoms with Crippen molar-refractivity contribution in [3.8, 4) is 23.1 Å².